The lowest BCUT2D eigenvalue weighted by Crippen LogP contribution is -2.07. The average molecular weight is 297 g/mol. The number of para-hydroxylation sites is 1. The first kappa shape index (κ1) is 13.5. The van der Waals surface area contributed by atoms with Crippen molar-refractivity contribution in [2.45, 2.75) is 13.0 Å². The van der Waals surface area contributed by atoms with E-state index in [1.165, 1.54) is 12.1 Å². The summed E-state index contributed by atoms with van der Waals surface area (Å²) in [6.45, 7) is 1.97. The molecule has 0 bridgehead atoms. The van der Waals surface area contributed by atoms with Crippen molar-refractivity contribution in [3.8, 4) is 6.07 Å². The number of hydrogen-bond acceptors (Lipinski definition) is 4. The molecule has 0 spiro atoms. The topological polar surface area (TPSA) is 48.7 Å². The normalized spacial score (nSPS) is 12.0. The molecule has 0 saturated carbocycles. The molecular weight excluding hydrogens is 285 g/mol. The van der Waals surface area contributed by atoms with Crippen LogP contribution in [0, 0.1) is 17.1 Å². The fourth-order valence-corrected chi connectivity index (χ4v) is 3.07. The fourth-order valence-electron chi connectivity index (χ4n) is 2.11. The van der Waals surface area contributed by atoms with Crippen LogP contribution in [0.3, 0.4) is 0 Å². The van der Waals surface area contributed by atoms with Crippen molar-refractivity contribution in [2.75, 3.05) is 5.32 Å². The summed E-state index contributed by atoms with van der Waals surface area (Å²) >= 11 is 1.61. The Labute approximate surface area is 125 Å². The first-order chi connectivity index (χ1) is 10.2. The summed E-state index contributed by atoms with van der Waals surface area (Å²) in [5.74, 6) is -0.412. The SMILES string of the molecule is CC(Nc1ccc(F)cc1C#N)c1nc2ccccc2s1. The van der Waals surface area contributed by atoms with Gasteiger partial charge in [-0.3, -0.25) is 0 Å². The molecule has 21 heavy (non-hydrogen) atoms. The van der Waals surface area contributed by atoms with Crippen LogP contribution >= 0.6 is 11.3 Å². The number of nitrogens with zero attached hydrogens (tertiary/aromatic N) is 2. The highest BCUT2D eigenvalue weighted by molar-refractivity contribution is 7.18. The van der Waals surface area contributed by atoms with Gasteiger partial charge in [0, 0.05) is 0 Å². The minimum atomic E-state index is -0.412. The zero-order valence-corrected chi connectivity index (χ0v) is 12.1. The van der Waals surface area contributed by atoms with Gasteiger partial charge < -0.3 is 5.32 Å². The molecule has 0 fully saturated rings. The molecule has 1 heterocycles. The molecule has 3 rings (SSSR count). The van der Waals surface area contributed by atoms with E-state index in [1.807, 2.05) is 37.3 Å². The third kappa shape index (κ3) is 2.71. The van der Waals surface area contributed by atoms with Crippen LogP contribution in [-0.4, -0.2) is 4.98 Å². The van der Waals surface area contributed by atoms with Gasteiger partial charge in [0.2, 0.25) is 0 Å². The number of thiazole rings is 1. The Morgan fingerprint density at radius 3 is 2.86 bits per heavy atom. The summed E-state index contributed by atoms with van der Waals surface area (Å²) in [6, 6.07) is 14.0. The van der Waals surface area contributed by atoms with E-state index < -0.39 is 5.82 Å². The number of aromatic nitrogens is 1. The maximum absolute atomic E-state index is 13.1. The summed E-state index contributed by atoms with van der Waals surface area (Å²) in [6.07, 6.45) is 0. The molecule has 1 unspecified atom stereocenters. The third-order valence-electron chi connectivity index (χ3n) is 3.15. The molecular formula is C16H12FN3S. The van der Waals surface area contributed by atoms with Crippen molar-refractivity contribution in [3.05, 3.63) is 58.9 Å². The predicted molar refractivity (Wildman–Crippen MR) is 82.8 cm³/mol. The molecule has 0 amide bonds. The maximum Gasteiger partial charge on any atom is 0.124 e. The number of nitrogens with one attached hydrogen (secondary N) is 1. The molecule has 104 valence electrons. The van der Waals surface area contributed by atoms with E-state index in [0.717, 1.165) is 15.2 Å². The van der Waals surface area contributed by atoms with Crippen LogP contribution in [0.1, 0.15) is 23.5 Å². The van der Waals surface area contributed by atoms with Gasteiger partial charge in [0.15, 0.2) is 0 Å². The number of hydrogen-bond donors (Lipinski definition) is 1. The van der Waals surface area contributed by atoms with Crippen molar-refractivity contribution in [1.29, 1.82) is 5.26 Å². The number of benzene rings is 2. The Morgan fingerprint density at radius 1 is 1.29 bits per heavy atom. The summed E-state index contributed by atoms with van der Waals surface area (Å²) in [5.41, 5.74) is 1.87. The van der Waals surface area contributed by atoms with E-state index in [2.05, 4.69) is 10.3 Å². The minimum Gasteiger partial charge on any atom is -0.375 e. The summed E-state index contributed by atoms with van der Waals surface area (Å²) in [4.78, 5) is 4.58. The number of fused-ring (bicyclic) bond motifs is 1. The molecule has 0 aliphatic rings. The third-order valence-corrected chi connectivity index (χ3v) is 4.37. The number of rotatable bonds is 3. The van der Waals surface area contributed by atoms with Crippen LogP contribution in [0.2, 0.25) is 0 Å². The monoisotopic (exact) mass is 297 g/mol. The van der Waals surface area contributed by atoms with Crippen LogP contribution in [0.5, 0.6) is 0 Å². The largest absolute Gasteiger partial charge is 0.375 e. The Balaban J connectivity index is 1.89. The average Bonchev–Trinajstić information content (AvgIpc) is 2.93. The molecule has 0 radical (unpaired) electrons. The Bertz CT molecular complexity index is 802. The van der Waals surface area contributed by atoms with E-state index in [-0.39, 0.29) is 6.04 Å². The van der Waals surface area contributed by atoms with Crippen LogP contribution in [0.25, 0.3) is 10.2 Å². The highest BCUT2D eigenvalue weighted by Gasteiger charge is 2.13. The number of nitriles is 1. The van der Waals surface area contributed by atoms with Crippen molar-refractivity contribution >= 4 is 27.2 Å². The van der Waals surface area contributed by atoms with Crippen molar-refractivity contribution < 1.29 is 4.39 Å². The van der Waals surface area contributed by atoms with Crippen LogP contribution < -0.4 is 5.32 Å². The highest BCUT2D eigenvalue weighted by Crippen LogP contribution is 2.29. The van der Waals surface area contributed by atoms with Crippen molar-refractivity contribution in [3.63, 3.8) is 0 Å². The molecule has 1 aromatic heterocycles. The standard InChI is InChI=1S/C16H12FN3S/c1-10(16-20-14-4-2-3-5-15(14)21-16)19-13-7-6-12(17)8-11(13)9-18/h2-8,10,19H,1H3. The second-order valence-corrected chi connectivity index (χ2v) is 5.75. The van der Waals surface area contributed by atoms with Crippen molar-refractivity contribution in [2.24, 2.45) is 0 Å². The van der Waals surface area contributed by atoms with Gasteiger partial charge >= 0.3 is 0 Å². The van der Waals surface area contributed by atoms with Gasteiger partial charge in [-0.05, 0) is 37.3 Å². The Morgan fingerprint density at radius 2 is 2.10 bits per heavy atom. The zero-order chi connectivity index (χ0) is 14.8. The quantitative estimate of drug-likeness (QED) is 0.775. The molecule has 5 heteroatoms. The lowest BCUT2D eigenvalue weighted by atomic mass is 10.1. The van der Waals surface area contributed by atoms with E-state index in [4.69, 9.17) is 5.26 Å². The fraction of sp³-hybridized carbons (Fsp3) is 0.125. The second kappa shape index (κ2) is 5.51. The summed E-state index contributed by atoms with van der Waals surface area (Å²) < 4.78 is 14.3. The first-order valence-corrected chi connectivity index (χ1v) is 7.30. The van der Waals surface area contributed by atoms with E-state index >= 15 is 0 Å². The maximum atomic E-state index is 13.1. The molecule has 2 aromatic carbocycles. The number of anilines is 1. The summed E-state index contributed by atoms with van der Waals surface area (Å²) in [5, 5.41) is 13.2. The highest BCUT2D eigenvalue weighted by atomic mass is 32.1. The number of halogens is 1. The van der Waals surface area contributed by atoms with Crippen LogP contribution in [0.4, 0.5) is 10.1 Å². The lowest BCUT2D eigenvalue weighted by Gasteiger charge is -2.13. The molecule has 3 nitrogen and oxygen atoms in total. The van der Waals surface area contributed by atoms with E-state index in [0.29, 0.717) is 11.3 Å². The molecule has 0 aliphatic heterocycles. The zero-order valence-electron chi connectivity index (χ0n) is 11.3. The van der Waals surface area contributed by atoms with E-state index in [1.54, 1.807) is 17.4 Å². The molecule has 1 atom stereocenters. The van der Waals surface area contributed by atoms with Gasteiger partial charge in [-0.1, -0.05) is 12.1 Å². The van der Waals surface area contributed by atoms with Gasteiger partial charge in [-0.25, -0.2) is 9.37 Å². The van der Waals surface area contributed by atoms with Gasteiger partial charge in [-0.2, -0.15) is 5.26 Å². The lowest BCUT2D eigenvalue weighted by molar-refractivity contribution is 0.627. The Kier molecular flexibility index (Phi) is 3.55. The van der Waals surface area contributed by atoms with Gasteiger partial charge in [0.25, 0.3) is 0 Å². The van der Waals surface area contributed by atoms with E-state index in [9.17, 15) is 4.39 Å². The van der Waals surface area contributed by atoms with Gasteiger partial charge in [0.05, 0.1) is 27.5 Å². The van der Waals surface area contributed by atoms with Crippen molar-refractivity contribution in [1.82, 2.24) is 4.98 Å². The second-order valence-electron chi connectivity index (χ2n) is 4.69. The molecule has 1 N–H and O–H groups in total. The predicted octanol–water partition coefficient (Wildman–Crippen LogP) is 4.48. The van der Waals surface area contributed by atoms with Gasteiger partial charge in [0.1, 0.15) is 16.9 Å². The minimum absolute atomic E-state index is 0.0556. The Hall–Kier alpha value is -2.45. The smallest absolute Gasteiger partial charge is 0.124 e. The summed E-state index contributed by atoms with van der Waals surface area (Å²) in [7, 11) is 0. The van der Waals surface area contributed by atoms with Gasteiger partial charge in [-0.15, -0.1) is 11.3 Å². The van der Waals surface area contributed by atoms with Crippen LogP contribution in [-0.2, 0) is 0 Å². The van der Waals surface area contributed by atoms with Crippen LogP contribution in [0.15, 0.2) is 42.5 Å². The molecule has 0 saturated heterocycles. The first-order valence-electron chi connectivity index (χ1n) is 6.49. The molecule has 0 aliphatic carbocycles. The molecule has 3 aromatic rings.